The molecule has 19 heavy (non-hydrogen) atoms. The third kappa shape index (κ3) is 6.69. The second-order valence-corrected chi connectivity index (χ2v) is 5.70. The molecule has 0 bridgehead atoms. The van der Waals surface area contributed by atoms with Crippen LogP contribution in [0.5, 0.6) is 0 Å². The molecule has 0 saturated heterocycles. The van der Waals surface area contributed by atoms with Gasteiger partial charge in [-0.2, -0.15) is 0 Å². The molecular weight excluding hydrogens is 244 g/mol. The molecule has 0 amide bonds. The topological polar surface area (TPSA) is 38.7 Å². The molecule has 3 nitrogen and oxygen atoms in total. The van der Waals surface area contributed by atoms with Crippen molar-refractivity contribution in [2.45, 2.75) is 54.1 Å². The third-order valence-corrected chi connectivity index (χ3v) is 4.00. The van der Waals surface area contributed by atoms with Crippen molar-refractivity contribution < 1.29 is 14.0 Å². The van der Waals surface area contributed by atoms with Gasteiger partial charge in [0.05, 0.1) is 6.21 Å². The van der Waals surface area contributed by atoms with Gasteiger partial charge in [0.15, 0.2) is 12.4 Å². The van der Waals surface area contributed by atoms with Crippen LogP contribution in [-0.2, 0) is 9.63 Å². The Hall–Kier alpha value is -0.930. The maximum absolute atomic E-state index is 13.9. The predicted molar refractivity (Wildman–Crippen MR) is 77.0 cm³/mol. The molecule has 0 aromatic rings. The van der Waals surface area contributed by atoms with Crippen LogP contribution in [0, 0.1) is 23.7 Å². The van der Waals surface area contributed by atoms with Crippen LogP contribution in [0.15, 0.2) is 5.16 Å². The zero-order valence-electron chi connectivity index (χ0n) is 13.0. The molecule has 0 spiro atoms. The SMILES string of the molecule is CC[C@@H](C)[C@@H](C)[C@H](C)[C@@H]([18F])/C=N/OCC(=O)C(C)C. The van der Waals surface area contributed by atoms with Crippen LogP contribution in [0.25, 0.3) is 0 Å². The lowest BCUT2D eigenvalue weighted by atomic mass is 9.81. The number of oxime groups is 1. The number of nitrogens with zero attached hydrogens (tertiary/aromatic N) is 1. The van der Waals surface area contributed by atoms with Gasteiger partial charge in [-0.15, -0.1) is 0 Å². The molecule has 0 unspecified atom stereocenters. The zero-order chi connectivity index (χ0) is 15.0. The van der Waals surface area contributed by atoms with Gasteiger partial charge in [-0.1, -0.05) is 53.1 Å². The Morgan fingerprint density at radius 1 is 1.21 bits per heavy atom. The van der Waals surface area contributed by atoms with Crippen molar-refractivity contribution >= 4 is 12.0 Å². The number of hydrogen-bond acceptors (Lipinski definition) is 3. The van der Waals surface area contributed by atoms with Gasteiger partial charge in [0, 0.05) is 5.92 Å². The molecule has 0 heterocycles. The molecule has 112 valence electrons. The normalized spacial score (nSPS) is 18.3. The average Bonchev–Trinajstić information content (AvgIpc) is 2.39. The summed E-state index contributed by atoms with van der Waals surface area (Å²) < 4.78 is 13.9. The summed E-state index contributed by atoms with van der Waals surface area (Å²) >= 11 is 0. The minimum atomic E-state index is -1.14. The summed E-state index contributed by atoms with van der Waals surface area (Å²) in [5, 5.41) is 3.56. The Kier molecular flexibility index (Phi) is 8.61. The highest BCUT2D eigenvalue weighted by Gasteiger charge is 2.24. The van der Waals surface area contributed by atoms with E-state index in [1.54, 1.807) is 13.8 Å². The van der Waals surface area contributed by atoms with Crippen LogP contribution < -0.4 is 0 Å². The molecule has 4 atom stereocenters. The van der Waals surface area contributed by atoms with E-state index in [9.17, 15) is 9.18 Å². The Labute approximate surface area is 116 Å². The van der Waals surface area contributed by atoms with Crippen molar-refractivity contribution in [3.8, 4) is 0 Å². The van der Waals surface area contributed by atoms with Crippen molar-refractivity contribution in [1.82, 2.24) is 0 Å². The van der Waals surface area contributed by atoms with Gasteiger partial charge >= 0.3 is 0 Å². The summed E-state index contributed by atoms with van der Waals surface area (Å²) in [4.78, 5) is 16.1. The first kappa shape index (κ1) is 18.1. The van der Waals surface area contributed by atoms with Gasteiger partial charge in [-0.05, 0) is 17.8 Å². The fraction of sp³-hybridized carbons (Fsp3) is 0.867. The predicted octanol–water partition coefficient (Wildman–Crippen LogP) is 3.87. The van der Waals surface area contributed by atoms with E-state index >= 15 is 0 Å². The van der Waals surface area contributed by atoms with E-state index in [2.05, 4.69) is 25.9 Å². The van der Waals surface area contributed by atoms with E-state index in [0.717, 1.165) is 12.6 Å². The molecule has 0 aromatic carbocycles. The van der Waals surface area contributed by atoms with E-state index in [0.29, 0.717) is 5.92 Å². The highest BCUT2D eigenvalue weighted by Crippen LogP contribution is 2.26. The largest absolute Gasteiger partial charge is 0.388 e. The number of Topliss-reactive ketones (excluding diaryl/α,β-unsaturated/α-hetero) is 1. The van der Waals surface area contributed by atoms with E-state index < -0.39 is 6.17 Å². The van der Waals surface area contributed by atoms with E-state index in [1.165, 1.54) is 0 Å². The van der Waals surface area contributed by atoms with Crippen molar-refractivity contribution in [3.05, 3.63) is 0 Å². The Balaban J connectivity index is 4.15. The smallest absolute Gasteiger partial charge is 0.175 e. The van der Waals surface area contributed by atoms with Crippen LogP contribution >= 0.6 is 0 Å². The number of carbonyl (C=O) groups excluding carboxylic acids is 1. The molecule has 0 aliphatic carbocycles. The molecule has 0 aromatic heterocycles. The van der Waals surface area contributed by atoms with Crippen molar-refractivity contribution in [1.29, 1.82) is 0 Å². The summed E-state index contributed by atoms with van der Waals surface area (Å²) in [5.41, 5.74) is 0. The Morgan fingerprint density at radius 3 is 2.26 bits per heavy atom. The number of alkyl halides is 1. The van der Waals surface area contributed by atoms with Crippen molar-refractivity contribution in [2.75, 3.05) is 6.61 Å². The van der Waals surface area contributed by atoms with Crippen molar-refractivity contribution in [3.63, 3.8) is 0 Å². The molecule has 0 aliphatic heterocycles. The lowest BCUT2D eigenvalue weighted by molar-refractivity contribution is -0.126. The summed E-state index contributed by atoms with van der Waals surface area (Å²) in [6.45, 7) is 11.7. The van der Waals surface area contributed by atoms with E-state index in [-0.39, 0.29) is 30.1 Å². The number of rotatable bonds is 9. The first-order valence-electron chi connectivity index (χ1n) is 7.13. The van der Waals surface area contributed by atoms with E-state index in [4.69, 9.17) is 4.84 Å². The zero-order valence-corrected chi connectivity index (χ0v) is 13.0. The second kappa shape index (κ2) is 9.05. The lowest BCUT2D eigenvalue weighted by Gasteiger charge is -2.26. The molecule has 0 radical (unpaired) electrons. The van der Waals surface area contributed by atoms with Gasteiger partial charge in [0.25, 0.3) is 0 Å². The monoisotopic (exact) mass is 272 g/mol. The van der Waals surface area contributed by atoms with Crippen LogP contribution in [0.2, 0.25) is 0 Å². The van der Waals surface area contributed by atoms with Crippen LogP contribution in [0.3, 0.4) is 0 Å². The quantitative estimate of drug-likeness (QED) is 0.472. The highest BCUT2D eigenvalue weighted by molar-refractivity contribution is 5.81. The van der Waals surface area contributed by atoms with Gasteiger partial charge < -0.3 is 4.84 Å². The van der Waals surface area contributed by atoms with E-state index in [1.807, 2.05) is 6.92 Å². The van der Waals surface area contributed by atoms with Gasteiger partial charge in [0.2, 0.25) is 0 Å². The lowest BCUT2D eigenvalue weighted by Crippen LogP contribution is -2.26. The minimum Gasteiger partial charge on any atom is -0.388 e. The molecule has 0 rings (SSSR count). The number of halogens is 1. The fourth-order valence-corrected chi connectivity index (χ4v) is 1.68. The third-order valence-electron chi connectivity index (χ3n) is 4.00. The maximum atomic E-state index is 13.9. The van der Waals surface area contributed by atoms with Gasteiger partial charge in [-0.3, -0.25) is 4.79 Å². The summed E-state index contributed by atoms with van der Waals surface area (Å²) in [6.07, 6.45) is 1.06. The van der Waals surface area contributed by atoms with Crippen LogP contribution in [0.1, 0.15) is 48.0 Å². The summed E-state index contributed by atoms with van der Waals surface area (Å²) in [7, 11) is 0. The Bertz CT molecular complexity index is 292. The fourth-order valence-electron chi connectivity index (χ4n) is 1.68. The summed E-state index contributed by atoms with van der Waals surface area (Å²) in [5.74, 6) is 0.534. The minimum absolute atomic E-state index is 0.0337. The second-order valence-electron chi connectivity index (χ2n) is 5.70. The van der Waals surface area contributed by atoms with Gasteiger partial charge in [-0.25, -0.2) is 4.39 Å². The molecular formula is C15H28FNO2. The molecule has 0 N–H and O–H groups in total. The standard InChI is InChI=1S/C15H28FNO2/c1-7-11(4)12(5)13(6)14(16)8-17-19-9-15(18)10(2)3/h8,10-14H,7,9H2,1-6H3/b17-8+/t11-,12-,13+,14+/m1/s1/i16-1. The number of hydrogen-bond donors (Lipinski definition) is 0. The van der Waals surface area contributed by atoms with Crippen LogP contribution in [0.4, 0.5) is 4.39 Å². The van der Waals surface area contributed by atoms with Crippen LogP contribution in [-0.4, -0.2) is 24.8 Å². The molecule has 0 fully saturated rings. The average molecular weight is 272 g/mol. The first-order valence-corrected chi connectivity index (χ1v) is 7.13. The molecule has 0 aliphatic rings. The number of ketones is 1. The van der Waals surface area contributed by atoms with Crippen molar-refractivity contribution in [2.24, 2.45) is 28.8 Å². The summed E-state index contributed by atoms with van der Waals surface area (Å²) in [6, 6.07) is 0. The van der Waals surface area contributed by atoms with Gasteiger partial charge in [0.1, 0.15) is 6.17 Å². The number of carbonyl (C=O) groups is 1. The molecule has 0 saturated carbocycles. The Morgan fingerprint density at radius 2 is 1.79 bits per heavy atom. The maximum Gasteiger partial charge on any atom is 0.175 e. The highest BCUT2D eigenvalue weighted by atomic mass is 18.2. The molecule has 4 heteroatoms. The first-order chi connectivity index (χ1) is 8.81.